The molecule has 1 heterocycles. The normalized spacial score (nSPS) is 10.6. The van der Waals surface area contributed by atoms with E-state index in [0.29, 0.717) is 39.5 Å². The zero-order chi connectivity index (χ0) is 21.6. The van der Waals surface area contributed by atoms with Crippen LogP contribution in [0.5, 0.6) is 5.75 Å². The summed E-state index contributed by atoms with van der Waals surface area (Å²) in [5.41, 5.74) is 2.58. The van der Waals surface area contributed by atoms with Gasteiger partial charge in [0.15, 0.2) is 5.13 Å². The van der Waals surface area contributed by atoms with E-state index in [1.807, 2.05) is 36.4 Å². The van der Waals surface area contributed by atoms with Crippen molar-refractivity contribution in [1.82, 2.24) is 4.98 Å². The summed E-state index contributed by atoms with van der Waals surface area (Å²) < 4.78 is 5.76. The second-order valence-corrected chi connectivity index (χ2v) is 8.76. The van der Waals surface area contributed by atoms with E-state index in [4.69, 9.17) is 27.9 Å². The van der Waals surface area contributed by atoms with E-state index in [0.717, 1.165) is 16.0 Å². The van der Waals surface area contributed by atoms with Gasteiger partial charge >= 0.3 is 0 Å². The van der Waals surface area contributed by atoms with Crippen molar-refractivity contribution >= 4 is 45.6 Å². The third-order valence-electron chi connectivity index (χ3n) is 4.52. The average molecular weight is 469 g/mol. The maximum absolute atomic E-state index is 12.5. The van der Waals surface area contributed by atoms with Gasteiger partial charge in [0.2, 0.25) is 0 Å². The Morgan fingerprint density at radius 2 is 1.77 bits per heavy atom. The van der Waals surface area contributed by atoms with Crippen LogP contribution < -0.4 is 10.1 Å². The van der Waals surface area contributed by atoms with Gasteiger partial charge in [-0.25, -0.2) is 4.98 Å². The summed E-state index contributed by atoms with van der Waals surface area (Å²) in [6.45, 7) is 0.478. The highest BCUT2D eigenvalue weighted by molar-refractivity contribution is 7.15. The molecule has 0 aliphatic heterocycles. The molecule has 4 nitrogen and oxygen atoms in total. The van der Waals surface area contributed by atoms with Crippen molar-refractivity contribution < 1.29 is 9.53 Å². The predicted octanol–water partition coefficient (Wildman–Crippen LogP) is 6.87. The summed E-state index contributed by atoms with van der Waals surface area (Å²) in [7, 11) is 0. The molecule has 4 aromatic rings. The van der Waals surface area contributed by atoms with E-state index in [-0.39, 0.29) is 5.91 Å². The number of amides is 1. The van der Waals surface area contributed by atoms with Gasteiger partial charge in [0.25, 0.3) is 5.91 Å². The molecule has 0 saturated carbocycles. The van der Waals surface area contributed by atoms with Crippen LogP contribution in [0.15, 0.2) is 79.0 Å². The Bertz CT molecular complexity index is 1180. The molecule has 0 radical (unpaired) electrons. The molecule has 0 aliphatic carbocycles. The van der Waals surface area contributed by atoms with Gasteiger partial charge in [-0.2, -0.15) is 0 Å². The minimum Gasteiger partial charge on any atom is -0.489 e. The van der Waals surface area contributed by atoms with Crippen LogP contribution in [0.4, 0.5) is 5.13 Å². The van der Waals surface area contributed by atoms with Gasteiger partial charge in [0.1, 0.15) is 12.4 Å². The van der Waals surface area contributed by atoms with E-state index in [9.17, 15) is 4.79 Å². The lowest BCUT2D eigenvalue weighted by Crippen LogP contribution is -2.11. The molecule has 156 valence electrons. The van der Waals surface area contributed by atoms with Crippen LogP contribution in [0.25, 0.3) is 0 Å². The molecular formula is C24H18Cl2N2O2S. The Balaban J connectivity index is 1.34. The standard InChI is InChI=1S/C24H18Cl2N2O2S/c25-19-9-6-18(22(26)13-19)12-21-14-27-24(31-21)28-23(29)17-7-10-20(11-8-17)30-15-16-4-2-1-3-5-16/h1-11,13-14H,12,15H2,(H,27,28,29). The topological polar surface area (TPSA) is 51.2 Å². The number of hydrogen-bond acceptors (Lipinski definition) is 4. The number of carbonyl (C=O) groups is 1. The fourth-order valence-corrected chi connectivity index (χ4v) is 4.22. The first kappa shape index (κ1) is 21.4. The molecule has 0 saturated heterocycles. The monoisotopic (exact) mass is 468 g/mol. The van der Waals surface area contributed by atoms with Crippen molar-refractivity contribution in [3.63, 3.8) is 0 Å². The van der Waals surface area contributed by atoms with Crippen molar-refractivity contribution in [3.8, 4) is 5.75 Å². The molecule has 7 heteroatoms. The van der Waals surface area contributed by atoms with Gasteiger partial charge in [-0.1, -0.05) is 59.6 Å². The summed E-state index contributed by atoms with van der Waals surface area (Å²) in [5.74, 6) is 0.483. The Hall–Kier alpha value is -2.86. The lowest BCUT2D eigenvalue weighted by molar-refractivity contribution is 0.102. The summed E-state index contributed by atoms with van der Waals surface area (Å²) >= 11 is 13.6. The van der Waals surface area contributed by atoms with Crippen molar-refractivity contribution in [3.05, 3.63) is 111 Å². The van der Waals surface area contributed by atoms with E-state index >= 15 is 0 Å². The van der Waals surface area contributed by atoms with Crippen LogP contribution in [0.2, 0.25) is 10.0 Å². The average Bonchev–Trinajstić information content (AvgIpc) is 3.22. The zero-order valence-electron chi connectivity index (χ0n) is 16.3. The van der Waals surface area contributed by atoms with Crippen molar-refractivity contribution in [1.29, 1.82) is 0 Å². The number of rotatable bonds is 7. The summed E-state index contributed by atoms with van der Waals surface area (Å²) in [6.07, 6.45) is 2.36. The van der Waals surface area contributed by atoms with Crippen LogP contribution in [0.3, 0.4) is 0 Å². The first-order chi connectivity index (χ1) is 15.1. The SMILES string of the molecule is O=C(Nc1ncc(Cc2ccc(Cl)cc2Cl)s1)c1ccc(OCc2ccccc2)cc1. The van der Waals surface area contributed by atoms with E-state index in [2.05, 4.69) is 10.3 Å². The van der Waals surface area contributed by atoms with Crippen LogP contribution in [0, 0.1) is 0 Å². The van der Waals surface area contributed by atoms with Gasteiger partial charge in [-0.15, -0.1) is 11.3 Å². The fraction of sp³-hybridized carbons (Fsp3) is 0.0833. The molecule has 1 aromatic heterocycles. The molecule has 0 fully saturated rings. The number of hydrogen-bond donors (Lipinski definition) is 1. The number of thiazole rings is 1. The minimum absolute atomic E-state index is 0.222. The molecule has 4 rings (SSSR count). The number of aromatic nitrogens is 1. The number of halogens is 2. The summed E-state index contributed by atoms with van der Waals surface area (Å²) in [6, 6.07) is 22.4. The number of benzene rings is 3. The van der Waals surface area contributed by atoms with Crippen molar-refractivity contribution in [2.24, 2.45) is 0 Å². The van der Waals surface area contributed by atoms with Gasteiger partial charge in [0, 0.05) is 33.1 Å². The van der Waals surface area contributed by atoms with Crippen molar-refractivity contribution in [2.75, 3.05) is 5.32 Å². The molecule has 0 aliphatic rings. The second kappa shape index (κ2) is 9.96. The van der Waals surface area contributed by atoms with Gasteiger partial charge < -0.3 is 4.74 Å². The molecule has 0 bridgehead atoms. The van der Waals surface area contributed by atoms with Crippen LogP contribution in [-0.2, 0) is 13.0 Å². The summed E-state index contributed by atoms with van der Waals surface area (Å²) in [5, 5.41) is 4.59. The zero-order valence-corrected chi connectivity index (χ0v) is 18.7. The highest BCUT2D eigenvalue weighted by Gasteiger charge is 2.11. The van der Waals surface area contributed by atoms with E-state index in [1.54, 1.807) is 42.6 Å². The van der Waals surface area contributed by atoms with Gasteiger partial charge in [-0.05, 0) is 47.5 Å². The Morgan fingerprint density at radius 1 is 1.00 bits per heavy atom. The number of nitrogens with one attached hydrogen (secondary N) is 1. The smallest absolute Gasteiger partial charge is 0.257 e. The largest absolute Gasteiger partial charge is 0.489 e. The van der Waals surface area contributed by atoms with Crippen LogP contribution in [-0.4, -0.2) is 10.9 Å². The van der Waals surface area contributed by atoms with Gasteiger partial charge in [-0.3, -0.25) is 10.1 Å². The lowest BCUT2D eigenvalue weighted by atomic mass is 10.1. The molecule has 3 aromatic carbocycles. The number of ether oxygens (including phenoxy) is 1. The Kier molecular flexibility index (Phi) is 6.87. The summed E-state index contributed by atoms with van der Waals surface area (Å²) in [4.78, 5) is 17.8. The van der Waals surface area contributed by atoms with Crippen molar-refractivity contribution in [2.45, 2.75) is 13.0 Å². The quantitative estimate of drug-likeness (QED) is 0.321. The highest BCUT2D eigenvalue weighted by atomic mass is 35.5. The van der Waals surface area contributed by atoms with Crippen LogP contribution >= 0.6 is 34.5 Å². The third kappa shape index (κ3) is 5.85. The molecule has 1 amide bonds. The number of carbonyl (C=O) groups excluding carboxylic acids is 1. The number of nitrogens with zero attached hydrogens (tertiary/aromatic N) is 1. The number of anilines is 1. The molecule has 31 heavy (non-hydrogen) atoms. The molecule has 0 unspecified atom stereocenters. The predicted molar refractivity (Wildman–Crippen MR) is 127 cm³/mol. The van der Waals surface area contributed by atoms with Gasteiger partial charge in [0.05, 0.1) is 0 Å². The van der Waals surface area contributed by atoms with Crippen LogP contribution in [0.1, 0.15) is 26.4 Å². The van der Waals surface area contributed by atoms with E-state index < -0.39 is 0 Å². The molecule has 1 N–H and O–H groups in total. The maximum Gasteiger partial charge on any atom is 0.257 e. The maximum atomic E-state index is 12.5. The lowest BCUT2D eigenvalue weighted by Gasteiger charge is -2.07. The highest BCUT2D eigenvalue weighted by Crippen LogP contribution is 2.27. The fourth-order valence-electron chi connectivity index (χ4n) is 2.91. The van der Waals surface area contributed by atoms with E-state index in [1.165, 1.54) is 11.3 Å². The first-order valence-electron chi connectivity index (χ1n) is 9.53. The Labute approximate surface area is 194 Å². The molecule has 0 atom stereocenters. The minimum atomic E-state index is -0.222. The third-order valence-corrected chi connectivity index (χ3v) is 6.02. The molecular weight excluding hydrogens is 451 g/mol. The second-order valence-electron chi connectivity index (χ2n) is 6.80. The Morgan fingerprint density at radius 3 is 2.52 bits per heavy atom. The molecule has 0 spiro atoms. The first-order valence-corrected chi connectivity index (χ1v) is 11.1.